The smallest absolute Gasteiger partial charge is 0.338 e. The van der Waals surface area contributed by atoms with E-state index in [-0.39, 0.29) is 19.0 Å². The Balaban J connectivity index is 1.75. The number of carbonyl (C=O) groups excluding carboxylic acids is 1. The van der Waals surface area contributed by atoms with Crippen molar-refractivity contribution in [3.63, 3.8) is 0 Å². The van der Waals surface area contributed by atoms with Gasteiger partial charge in [0.2, 0.25) is 6.79 Å². The maximum atomic E-state index is 13.9. The van der Waals surface area contributed by atoms with Crippen molar-refractivity contribution in [3.05, 3.63) is 81.9 Å². The van der Waals surface area contributed by atoms with Crippen molar-refractivity contribution in [2.75, 3.05) is 20.5 Å². The predicted octanol–water partition coefficient (Wildman–Crippen LogP) is 4.73. The Morgan fingerprint density at radius 3 is 2.71 bits per heavy atom. The van der Waals surface area contributed by atoms with Crippen LogP contribution in [0.25, 0.3) is 6.08 Å². The molecule has 0 aliphatic carbocycles. The first-order chi connectivity index (χ1) is 18.4. The van der Waals surface area contributed by atoms with Gasteiger partial charge in [0, 0.05) is 6.07 Å². The number of thiazole rings is 1. The molecular formula is C27H24BrClN2O6S. The predicted molar refractivity (Wildman–Crippen MR) is 148 cm³/mol. The van der Waals surface area contributed by atoms with E-state index in [2.05, 4.69) is 15.9 Å². The van der Waals surface area contributed by atoms with Crippen LogP contribution in [-0.2, 0) is 9.53 Å². The molecule has 8 nitrogen and oxygen atoms in total. The van der Waals surface area contributed by atoms with Gasteiger partial charge in [0.15, 0.2) is 16.3 Å². The van der Waals surface area contributed by atoms with E-state index in [1.165, 1.54) is 11.3 Å². The van der Waals surface area contributed by atoms with Crippen molar-refractivity contribution in [2.45, 2.75) is 32.7 Å². The third-order valence-corrected chi connectivity index (χ3v) is 8.09. The van der Waals surface area contributed by atoms with Gasteiger partial charge in [0.05, 0.1) is 45.1 Å². The Kier molecular flexibility index (Phi) is 7.65. The number of carbonyl (C=O) groups is 1. The molecule has 0 radical (unpaired) electrons. The number of hydrogen-bond acceptors (Lipinski definition) is 8. The summed E-state index contributed by atoms with van der Waals surface area (Å²) in [6, 6.07) is 8.17. The van der Waals surface area contributed by atoms with Crippen LogP contribution in [0.15, 0.2) is 55.9 Å². The number of rotatable bonds is 7. The summed E-state index contributed by atoms with van der Waals surface area (Å²) < 4.78 is 24.4. The number of aromatic nitrogens is 1. The van der Waals surface area contributed by atoms with E-state index >= 15 is 0 Å². The maximum Gasteiger partial charge on any atom is 0.338 e. The number of esters is 1. The number of methoxy groups -OCH3 is 1. The van der Waals surface area contributed by atoms with Gasteiger partial charge >= 0.3 is 5.97 Å². The summed E-state index contributed by atoms with van der Waals surface area (Å²) in [5.74, 6) is 1.25. The first kappa shape index (κ1) is 26.5. The van der Waals surface area contributed by atoms with Crippen LogP contribution in [0.4, 0.5) is 0 Å². The van der Waals surface area contributed by atoms with Crippen LogP contribution in [-0.4, -0.2) is 31.0 Å². The molecule has 0 N–H and O–H groups in total. The summed E-state index contributed by atoms with van der Waals surface area (Å²) in [6.07, 6.45) is 3.03. The number of nitrogens with zero attached hydrogens (tertiary/aromatic N) is 2. The quantitative estimate of drug-likeness (QED) is 0.356. The van der Waals surface area contributed by atoms with Gasteiger partial charge in [-0.1, -0.05) is 42.3 Å². The Morgan fingerprint density at radius 2 is 2.03 bits per heavy atom. The summed E-state index contributed by atoms with van der Waals surface area (Å²) in [7, 11) is 1.58. The van der Waals surface area contributed by atoms with E-state index in [9.17, 15) is 9.59 Å². The van der Waals surface area contributed by atoms with Gasteiger partial charge in [-0.15, -0.1) is 0 Å². The third-order valence-electron chi connectivity index (χ3n) is 6.16. The zero-order valence-electron chi connectivity index (χ0n) is 20.9. The molecule has 5 rings (SSSR count). The molecule has 2 aliphatic heterocycles. The van der Waals surface area contributed by atoms with Gasteiger partial charge in [0.1, 0.15) is 5.75 Å². The second-order valence-electron chi connectivity index (χ2n) is 8.53. The Morgan fingerprint density at radius 1 is 1.26 bits per heavy atom. The topological polar surface area (TPSA) is 88.4 Å². The maximum absolute atomic E-state index is 13.9. The molecule has 1 aromatic heterocycles. The van der Waals surface area contributed by atoms with Gasteiger partial charge in [-0.05, 0) is 64.7 Å². The highest BCUT2D eigenvalue weighted by Crippen LogP contribution is 2.38. The Labute approximate surface area is 235 Å². The largest absolute Gasteiger partial charge is 0.496 e. The number of fused-ring (bicyclic) bond motifs is 2. The molecule has 3 aromatic rings. The molecule has 0 spiro atoms. The molecule has 0 amide bonds. The SMILES string of the molecule is CCCC1=C(C(=O)OCC)C(c2ccc(OC)c(Br)c2)n2c(s/c(=C/c3cc4c(cc3Cl)OCO4)c2=O)=N1. The van der Waals surface area contributed by atoms with E-state index < -0.39 is 12.0 Å². The molecular weight excluding hydrogens is 596 g/mol. The van der Waals surface area contributed by atoms with E-state index in [0.29, 0.717) is 59.3 Å². The van der Waals surface area contributed by atoms with Crippen molar-refractivity contribution in [3.8, 4) is 17.2 Å². The van der Waals surface area contributed by atoms with E-state index in [1.54, 1.807) is 42.9 Å². The molecule has 2 aromatic carbocycles. The molecule has 0 saturated carbocycles. The molecule has 0 bridgehead atoms. The van der Waals surface area contributed by atoms with Crippen molar-refractivity contribution in [2.24, 2.45) is 4.99 Å². The van der Waals surface area contributed by atoms with Crippen molar-refractivity contribution in [1.82, 2.24) is 4.57 Å². The highest BCUT2D eigenvalue weighted by molar-refractivity contribution is 9.10. The van der Waals surface area contributed by atoms with Crippen molar-refractivity contribution >= 4 is 50.9 Å². The number of ether oxygens (including phenoxy) is 4. The normalized spacial score (nSPS) is 16.3. The Bertz CT molecular complexity index is 1640. The van der Waals surface area contributed by atoms with Gasteiger partial charge in [-0.25, -0.2) is 9.79 Å². The van der Waals surface area contributed by atoms with Crippen LogP contribution in [0.5, 0.6) is 17.2 Å². The molecule has 0 saturated heterocycles. The van der Waals surface area contributed by atoms with E-state index in [1.807, 2.05) is 19.1 Å². The third kappa shape index (κ3) is 4.76. The lowest BCUT2D eigenvalue weighted by Gasteiger charge is -2.26. The lowest BCUT2D eigenvalue weighted by atomic mass is 9.94. The molecule has 198 valence electrons. The standard InChI is InChI=1S/C27H24BrClN2O6S/c1-4-6-18-23(26(33)35-5-2)24(14-7-8-19(34-3)16(28)9-14)31-25(32)22(38-27(31)30-18)11-15-10-20-21(12-17(15)29)37-13-36-20/h7-12,24H,4-6,13H2,1-3H3/b22-11+. The number of benzene rings is 2. The first-order valence-corrected chi connectivity index (χ1v) is 14.0. The Hall–Kier alpha value is -3.08. The highest BCUT2D eigenvalue weighted by atomic mass is 79.9. The summed E-state index contributed by atoms with van der Waals surface area (Å²) in [4.78, 5) is 32.5. The highest BCUT2D eigenvalue weighted by Gasteiger charge is 2.34. The van der Waals surface area contributed by atoms with Crippen LogP contribution in [0.2, 0.25) is 5.02 Å². The lowest BCUT2D eigenvalue weighted by molar-refractivity contribution is -0.139. The van der Waals surface area contributed by atoms with E-state index in [4.69, 9.17) is 35.5 Å². The summed E-state index contributed by atoms with van der Waals surface area (Å²) in [5.41, 5.74) is 2.00. The molecule has 0 fully saturated rings. The average molecular weight is 620 g/mol. The van der Waals surface area contributed by atoms with Crippen LogP contribution in [0, 0.1) is 0 Å². The first-order valence-electron chi connectivity index (χ1n) is 12.0. The van der Waals surface area contributed by atoms with Crippen LogP contribution < -0.4 is 29.1 Å². The second-order valence-corrected chi connectivity index (χ2v) is 10.8. The minimum absolute atomic E-state index is 0.117. The molecule has 2 aliphatic rings. The van der Waals surface area contributed by atoms with Gasteiger partial charge in [-0.3, -0.25) is 9.36 Å². The minimum Gasteiger partial charge on any atom is -0.496 e. The zero-order valence-corrected chi connectivity index (χ0v) is 24.0. The van der Waals surface area contributed by atoms with Gasteiger partial charge in [-0.2, -0.15) is 0 Å². The lowest BCUT2D eigenvalue weighted by Crippen LogP contribution is -2.40. The zero-order chi connectivity index (χ0) is 27.0. The van der Waals surface area contributed by atoms with E-state index in [0.717, 1.165) is 12.0 Å². The summed E-state index contributed by atoms with van der Waals surface area (Å²) in [6.45, 7) is 4.09. The second kappa shape index (κ2) is 11.0. The fraction of sp³-hybridized carbons (Fsp3) is 0.296. The molecule has 38 heavy (non-hydrogen) atoms. The number of halogens is 2. The molecule has 11 heteroatoms. The monoisotopic (exact) mass is 618 g/mol. The average Bonchev–Trinajstić information content (AvgIpc) is 3.47. The minimum atomic E-state index is -0.733. The molecule has 1 atom stereocenters. The van der Waals surface area contributed by atoms with Gasteiger partial charge in [0.25, 0.3) is 5.56 Å². The van der Waals surface area contributed by atoms with Crippen molar-refractivity contribution in [1.29, 1.82) is 0 Å². The van der Waals surface area contributed by atoms with Crippen LogP contribution >= 0.6 is 38.9 Å². The van der Waals surface area contributed by atoms with Crippen LogP contribution in [0.3, 0.4) is 0 Å². The fourth-order valence-electron chi connectivity index (χ4n) is 4.47. The molecule has 3 heterocycles. The summed E-state index contributed by atoms with van der Waals surface area (Å²) >= 11 is 11.3. The number of hydrogen-bond donors (Lipinski definition) is 0. The van der Waals surface area contributed by atoms with Gasteiger partial charge < -0.3 is 18.9 Å². The van der Waals surface area contributed by atoms with Crippen molar-refractivity contribution < 1.29 is 23.7 Å². The van der Waals surface area contributed by atoms with Crippen LogP contribution in [0.1, 0.15) is 43.9 Å². The number of allylic oxidation sites excluding steroid dienone is 1. The summed E-state index contributed by atoms with van der Waals surface area (Å²) in [5, 5.41) is 0.426. The fourth-order valence-corrected chi connectivity index (χ4v) is 6.25. The molecule has 1 unspecified atom stereocenters.